The summed E-state index contributed by atoms with van der Waals surface area (Å²) < 4.78 is 37.1. The minimum absolute atomic E-state index is 0.00278. The number of hydrogen-bond acceptors (Lipinski definition) is 5. The summed E-state index contributed by atoms with van der Waals surface area (Å²) in [5.41, 5.74) is 0.319. The number of aromatic hydroxyl groups is 1. The smallest absolute Gasteiger partial charge is 0.261 e. The fourth-order valence-electron chi connectivity index (χ4n) is 1.71. The molecule has 0 fully saturated rings. The molecule has 0 heterocycles. The fourth-order valence-corrected chi connectivity index (χ4v) is 2.75. The standard InChI is InChI=1S/C14H15NO5S/c1-19-12-7-10(8-13(9-12)20-2)15-21(17,18)14-5-3-11(16)4-6-14/h3-9,15-16H,1-2H3. The summed E-state index contributed by atoms with van der Waals surface area (Å²) in [6, 6.07) is 9.96. The highest BCUT2D eigenvalue weighted by molar-refractivity contribution is 7.92. The maximum absolute atomic E-state index is 12.2. The lowest BCUT2D eigenvalue weighted by atomic mass is 10.3. The zero-order chi connectivity index (χ0) is 15.5. The van der Waals surface area contributed by atoms with E-state index in [9.17, 15) is 13.5 Å². The molecule has 7 heteroatoms. The van der Waals surface area contributed by atoms with Gasteiger partial charge in [-0.05, 0) is 24.3 Å². The second kappa shape index (κ2) is 5.92. The number of rotatable bonds is 5. The number of ether oxygens (including phenoxy) is 2. The van der Waals surface area contributed by atoms with Gasteiger partial charge < -0.3 is 14.6 Å². The lowest BCUT2D eigenvalue weighted by molar-refractivity contribution is 0.395. The van der Waals surface area contributed by atoms with E-state index >= 15 is 0 Å². The Morgan fingerprint density at radius 2 is 1.48 bits per heavy atom. The molecule has 0 spiro atoms. The molecular weight excluding hydrogens is 294 g/mol. The molecule has 0 bridgehead atoms. The Morgan fingerprint density at radius 1 is 0.952 bits per heavy atom. The number of benzene rings is 2. The highest BCUT2D eigenvalue weighted by atomic mass is 32.2. The minimum atomic E-state index is -3.75. The molecule has 2 aromatic carbocycles. The lowest BCUT2D eigenvalue weighted by Gasteiger charge is -2.11. The number of phenolic OH excluding ortho intramolecular Hbond substituents is 1. The van der Waals surface area contributed by atoms with Crippen molar-refractivity contribution in [2.75, 3.05) is 18.9 Å². The highest BCUT2D eigenvalue weighted by Crippen LogP contribution is 2.27. The van der Waals surface area contributed by atoms with E-state index in [1.165, 1.54) is 38.5 Å². The van der Waals surface area contributed by atoms with Gasteiger partial charge in [-0.2, -0.15) is 0 Å². The van der Waals surface area contributed by atoms with E-state index in [2.05, 4.69) is 4.72 Å². The molecule has 6 nitrogen and oxygen atoms in total. The zero-order valence-electron chi connectivity index (χ0n) is 11.5. The van der Waals surface area contributed by atoms with Crippen LogP contribution in [-0.4, -0.2) is 27.7 Å². The van der Waals surface area contributed by atoms with Gasteiger partial charge in [-0.3, -0.25) is 4.72 Å². The van der Waals surface area contributed by atoms with E-state index in [1.807, 2.05) is 0 Å². The summed E-state index contributed by atoms with van der Waals surface area (Å²) in [7, 11) is -0.794. The summed E-state index contributed by atoms with van der Waals surface area (Å²) in [5.74, 6) is 0.938. The van der Waals surface area contributed by atoms with Crippen LogP contribution in [0.3, 0.4) is 0 Å². The summed E-state index contributed by atoms with van der Waals surface area (Å²) in [6.07, 6.45) is 0. The average Bonchev–Trinajstić information content (AvgIpc) is 2.46. The number of nitrogens with one attached hydrogen (secondary N) is 1. The van der Waals surface area contributed by atoms with E-state index < -0.39 is 10.0 Å². The first-order valence-electron chi connectivity index (χ1n) is 5.99. The number of anilines is 1. The molecule has 21 heavy (non-hydrogen) atoms. The molecule has 0 aliphatic carbocycles. The van der Waals surface area contributed by atoms with Gasteiger partial charge in [0.1, 0.15) is 17.2 Å². The van der Waals surface area contributed by atoms with Crippen molar-refractivity contribution in [1.82, 2.24) is 0 Å². The van der Waals surface area contributed by atoms with E-state index in [0.29, 0.717) is 17.2 Å². The van der Waals surface area contributed by atoms with Gasteiger partial charge in [-0.25, -0.2) is 8.42 Å². The highest BCUT2D eigenvalue weighted by Gasteiger charge is 2.15. The van der Waals surface area contributed by atoms with Crippen LogP contribution in [0.2, 0.25) is 0 Å². The van der Waals surface area contributed by atoms with Gasteiger partial charge in [0.15, 0.2) is 0 Å². The quantitative estimate of drug-likeness (QED) is 0.884. The van der Waals surface area contributed by atoms with Crippen molar-refractivity contribution in [3.63, 3.8) is 0 Å². The Kier molecular flexibility index (Phi) is 4.23. The van der Waals surface area contributed by atoms with E-state index in [0.717, 1.165) is 0 Å². The Bertz CT molecular complexity index is 703. The number of sulfonamides is 1. The van der Waals surface area contributed by atoms with Crippen molar-refractivity contribution >= 4 is 15.7 Å². The van der Waals surface area contributed by atoms with Crippen LogP contribution in [0.1, 0.15) is 0 Å². The SMILES string of the molecule is COc1cc(NS(=O)(=O)c2ccc(O)cc2)cc(OC)c1. The first-order chi connectivity index (χ1) is 9.94. The van der Waals surface area contributed by atoms with Gasteiger partial charge in [0, 0.05) is 18.2 Å². The Hall–Kier alpha value is -2.41. The van der Waals surface area contributed by atoms with Gasteiger partial charge in [0.25, 0.3) is 10.0 Å². The van der Waals surface area contributed by atoms with Crippen molar-refractivity contribution in [3.05, 3.63) is 42.5 Å². The van der Waals surface area contributed by atoms with E-state index in [1.54, 1.807) is 18.2 Å². The molecule has 2 rings (SSSR count). The lowest BCUT2D eigenvalue weighted by Crippen LogP contribution is -2.12. The maximum Gasteiger partial charge on any atom is 0.261 e. The van der Waals surface area contributed by atoms with Crippen molar-refractivity contribution in [3.8, 4) is 17.2 Å². The molecule has 112 valence electrons. The topological polar surface area (TPSA) is 84.9 Å². The number of hydrogen-bond donors (Lipinski definition) is 2. The summed E-state index contributed by atoms with van der Waals surface area (Å²) in [4.78, 5) is 0.0436. The molecule has 0 saturated carbocycles. The fraction of sp³-hybridized carbons (Fsp3) is 0.143. The molecule has 0 aromatic heterocycles. The third-order valence-electron chi connectivity index (χ3n) is 2.75. The number of phenols is 1. The van der Waals surface area contributed by atoms with Crippen LogP contribution in [0.25, 0.3) is 0 Å². The van der Waals surface area contributed by atoms with Crippen LogP contribution < -0.4 is 14.2 Å². The van der Waals surface area contributed by atoms with Crippen molar-refractivity contribution in [2.24, 2.45) is 0 Å². The van der Waals surface area contributed by atoms with E-state index in [4.69, 9.17) is 9.47 Å². The van der Waals surface area contributed by atoms with Crippen molar-refractivity contribution in [2.45, 2.75) is 4.90 Å². The molecule has 0 amide bonds. The molecule has 2 N–H and O–H groups in total. The van der Waals surface area contributed by atoms with Crippen LogP contribution in [0, 0.1) is 0 Å². The molecule has 0 aliphatic rings. The second-order valence-electron chi connectivity index (χ2n) is 4.20. The summed E-state index contributed by atoms with van der Waals surface area (Å²) in [6.45, 7) is 0. The summed E-state index contributed by atoms with van der Waals surface area (Å²) >= 11 is 0. The largest absolute Gasteiger partial charge is 0.508 e. The molecule has 0 radical (unpaired) electrons. The first kappa shape index (κ1) is 15.0. The van der Waals surface area contributed by atoms with Crippen molar-refractivity contribution in [1.29, 1.82) is 0 Å². The molecule has 0 saturated heterocycles. The van der Waals surface area contributed by atoms with Crippen LogP contribution in [0.15, 0.2) is 47.4 Å². The zero-order valence-corrected chi connectivity index (χ0v) is 12.3. The summed E-state index contributed by atoms with van der Waals surface area (Å²) in [5, 5.41) is 9.20. The van der Waals surface area contributed by atoms with Gasteiger partial charge in [-0.1, -0.05) is 0 Å². The van der Waals surface area contributed by atoms with Gasteiger partial charge in [-0.15, -0.1) is 0 Å². The predicted molar refractivity (Wildman–Crippen MR) is 78.5 cm³/mol. The van der Waals surface area contributed by atoms with Gasteiger partial charge >= 0.3 is 0 Å². The van der Waals surface area contributed by atoms with Crippen molar-refractivity contribution < 1.29 is 23.0 Å². The van der Waals surface area contributed by atoms with Crippen LogP contribution in [0.4, 0.5) is 5.69 Å². The molecule has 0 atom stereocenters. The third kappa shape index (κ3) is 3.57. The number of methoxy groups -OCH3 is 2. The predicted octanol–water partition coefficient (Wildman–Crippen LogP) is 2.21. The third-order valence-corrected chi connectivity index (χ3v) is 4.15. The molecule has 0 aliphatic heterocycles. The van der Waals surface area contributed by atoms with Crippen LogP contribution in [-0.2, 0) is 10.0 Å². The Morgan fingerprint density at radius 3 is 1.95 bits per heavy atom. The molecule has 0 unspecified atom stereocenters. The first-order valence-corrected chi connectivity index (χ1v) is 7.48. The monoisotopic (exact) mass is 309 g/mol. The van der Waals surface area contributed by atoms with E-state index in [-0.39, 0.29) is 10.6 Å². The van der Waals surface area contributed by atoms with Gasteiger partial charge in [0.05, 0.1) is 24.8 Å². The Labute approximate surface area is 123 Å². The Balaban J connectivity index is 2.34. The molecular formula is C14H15NO5S. The normalized spacial score (nSPS) is 11.0. The van der Waals surface area contributed by atoms with Crippen LogP contribution in [0.5, 0.6) is 17.2 Å². The maximum atomic E-state index is 12.2. The van der Waals surface area contributed by atoms with Crippen LogP contribution >= 0.6 is 0 Å². The molecule has 2 aromatic rings. The van der Waals surface area contributed by atoms with Gasteiger partial charge in [0.2, 0.25) is 0 Å². The average molecular weight is 309 g/mol. The second-order valence-corrected chi connectivity index (χ2v) is 5.88. The minimum Gasteiger partial charge on any atom is -0.508 e.